The van der Waals surface area contributed by atoms with Crippen LogP contribution < -0.4 is 10.2 Å². The fourth-order valence-electron chi connectivity index (χ4n) is 6.50. The van der Waals surface area contributed by atoms with Gasteiger partial charge in [0, 0.05) is 75.5 Å². The highest BCUT2D eigenvalue weighted by atomic mass is 16.7. The van der Waals surface area contributed by atoms with E-state index < -0.39 is 12.3 Å². The van der Waals surface area contributed by atoms with Gasteiger partial charge in [0.1, 0.15) is 0 Å². The van der Waals surface area contributed by atoms with E-state index in [0.717, 1.165) is 71.8 Å². The third-order valence-corrected chi connectivity index (χ3v) is 9.37. The number of benzene rings is 4. The molecule has 1 amide bonds. The fourth-order valence-corrected chi connectivity index (χ4v) is 6.50. The molecule has 3 N–H and O–H groups in total. The van der Waals surface area contributed by atoms with Crippen LogP contribution in [0.1, 0.15) is 53.9 Å². The van der Waals surface area contributed by atoms with Crippen LogP contribution in [-0.4, -0.2) is 70.7 Å². The number of anilines is 1. The Kier molecular flexibility index (Phi) is 11.7. The van der Waals surface area contributed by atoms with E-state index in [2.05, 4.69) is 15.1 Å². The number of aliphatic carboxylic acids is 1. The minimum Gasteiger partial charge on any atom is -0.481 e. The lowest BCUT2D eigenvalue weighted by molar-refractivity contribution is -0.384. The number of nitrogens with zero attached hydrogens (tertiary/aromatic N) is 3. The van der Waals surface area contributed by atoms with E-state index in [1.54, 1.807) is 12.1 Å². The number of carboxylic acid groups (broad SMARTS) is 1. The Balaban J connectivity index is 1.11. The lowest BCUT2D eigenvalue weighted by Crippen LogP contribution is -2.49. The number of carbonyl (C=O) groups excluding carboxylic acids is 1. The first-order chi connectivity index (χ1) is 24.7. The van der Waals surface area contributed by atoms with Crippen molar-refractivity contribution in [3.05, 3.63) is 129 Å². The maximum atomic E-state index is 12.0. The van der Waals surface area contributed by atoms with Gasteiger partial charge in [-0.1, -0.05) is 66.7 Å². The van der Waals surface area contributed by atoms with E-state index in [4.69, 9.17) is 14.6 Å². The number of hydrogen-bond donors (Lipinski definition) is 3. The van der Waals surface area contributed by atoms with Crippen LogP contribution in [0, 0.1) is 10.1 Å². The van der Waals surface area contributed by atoms with Gasteiger partial charge in [0.15, 0.2) is 6.29 Å². The number of non-ortho nitro benzene ring substituents is 1. The Morgan fingerprint density at radius 3 is 2.20 bits per heavy atom. The summed E-state index contributed by atoms with van der Waals surface area (Å²) in [5.41, 5.74) is 6.70. The number of ether oxygens (including phenoxy) is 2. The summed E-state index contributed by atoms with van der Waals surface area (Å²) in [5.74, 6) is -1.30. The summed E-state index contributed by atoms with van der Waals surface area (Å²) in [6.45, 7) is 4.28. The van der Waals surface area contributed by atoms with Crippen LogP contribution in [-0.2, 0) is 32.2 Å². The van der Waals surface area contributed by atoms with Gasteiger partial charge in [0.25, 0.3) is 5.69 Å². The Labute approximate surface area is 296 Å². The van der Waals surface area contributed by atoms with Crippen LogP contribution in [0.15, 0.2) is 97.1 Å². The smallest absolute Gasteiger partial charge is 0.303 e. The monoisotopic (exact) mass is 694 g/mol. The summed E-state index contributed by atoms with van der Waals surface area (Å²) >= 11 is 0. The highest BCUT2D eigenvalue weighted by Crippen LogP contribution is 2.39. The number of amides is 1. The molecule has 0 spiro atoms. The Morgan fingerprint density at radius 2 is 1.53 bits per heavy atom. The van der Waals surface area contributed by atoms with Crippen molar-refractivity contribution >= 4 is 23.3 Å². The number of carboxylic acids is 1. The molecule has 0 bridgehead atoms. The van der Waals surface area contributed by atoms with Crippen molar-refractivity contribution in [2.45, 2.75) is 50.9 Å². The molecular weight excluding hydrogens is 652 g/mol. The molecule has 12 heteroatoms. The van der Waals surface area contributed by atoms with E-state index >= 15 is 0 Å². The molecule has 0 saturated carbocycles. The van der Waals surface area contributed by atoms with Crippen molar-refractivity contribution in [2.24, 2.45) is 0 Å². The highest BCUT2D eigenvalue weighted by Gasteiger charge is 2.34. The zero-order valence-corrected chi connectivity index (χ0v) is 28.2. The Hall–Kier alpha value is -5.14. The molecule has 0 aliphatic carbocycles. The second-order valence-electron chi connectivity index (χ2n) is 12.9. The van der Waals surface area contributed by atoms with Crippen LogP contribution in [0.2, 0.25) is 0 Å². The van der Waals surface area contributed by atoms with Crippen LogP contribution in [0.25, 0.3) is 11.1 Å². The molecule has 2 fully saturated rings. The van der Waals surface area contributed by atoms with E-state index in [0.29, 0.717) is 13.0 Å². The average Bonchev–Trinajstić information content (AvgIpc) is 3.16. The molecule has 12 nitrogen and oxygen atoms in total. The first kappa shape index (κ1) is 35.7. The Bertz CT molecular complexity index is 1790. The fraction of sp³-hybridized carbons (Fsp3) is 0.333. The summed E-state index contributed by atoms with van der Waals surface area (Å²) in [4.78, 5) is 38.1. The predicted molar refractivity (Wildman–Crippen MR) is 191 cm³/mol. The molecule has 51 heavy (non-hydrogen) atoms. The standard InChI is InChI=1S/C39H42N4O8/c44-26-27-4-6-30(7-5-27)36-23-35(25-41-18-20-42(21-19-41)33-12-14-34(15-13-33)43(48)49)50-39(51-36)31-10-8-29(9-11-31)32-3-1-2-28(22-32)24-40-37(45)16-17-38(46)47/h1-15,22,35-36,39,44H,16-21,23-26H2,(H,40,45)(H,46,47)/t35-,36+,39+/m1/s1. The lowest BCUT2D eigenvalue weighted by atomic mass is 9.98. The molecule has 0 unspecified atom stereocenters. The van der Waals surface area contributed by atoms with Gasteiger partial charge in [-0.25, -0.2) is 0 Å². The first-order valence-corrected chi connectivity index (χ1v) is 17.1. The molecule has 2 heterocycles. The van der Waals surface area contributed by atoms with Crippen molar-refractivity contribution in [1.29, 1.82) is 0 Å². The number of piperazine rings is 1. The topological polar surface area (TPSA) is 155 Å². The second-order valence-corrected chi connectivity index (χ2v) is 12.9. The van der Waals surface area contributed by atoms with Crippen LogP contribution >= 0.6 is 0 Å². The second kappa shape index (κ2) is 16.7. The van der Waals surface area contributed by atoms with E-state index in [1.165, 1.54) is 0 Å². The number of nitro benzene ring substituents is 1. The third-order valence-electron chi connectivity index (χ3n) is 9.37. The number of aliphatic hydroxyl groups is 1. The number of nitro groups is 1. The third kappa shape index (κ3) is 9.56. The molecular formula is C39H42N4O8. The molecule has 0 radical (unpaired) electrons. The zero-order valence-electron chi connectivity index (χ0n) is 28.2. The minimum atomic E-state index is -1.00. The van der Waals surface area contributed by atoms with Crippen LogP contribution in [0.4, 0.5) is 11.4 Å². The van der Waals surface area contributed by atoms with Gasteiger partial charge < -0.3 is 29.9 Å². The van der Waals surface area contributed by atoms with Crippen molar-refractivity contribution in [1.82, 2.24) is 10.2 Å². The highest BCUT2D eigenvalue weighted by molar-refractivity contribution is 5.80. The largest absolute Gasteiger partial charge is 0.481 e. The molecule has 4 aromatic carbocycles. The van der Waals surface area contributed by atoms with Gasteiger partial charge in [-0.05, 0) is 46.0 Å². The van der Waals surface area contributed by atoms with Crippen molar-refractivity contribution < 1.29 is 34.2 Å². The Morgan fingerprint density at radius 1 is 0.824 bits per heavy atom. The first-order valence-electron chi connectivity index (χ1n) is 17.1. The summed E-state index contributed by atoms with van der Waals surface area (Å²) in [6, 6.07) is 30.5. The van der Waals surface area contributed by atoms with Crippen LogP contribution in [0.3, 0.4) is 0 Å². The maximum Gasteiger partial charge on any atom is 0.303 e. The van der Waals surface area contributed by atoms with Gasteiger partial charge in [-0.15, -0.1) is 0 Å². The number of hydrogen-bond acceptors (Lipinski definition) is 9. The number of aliphatic hydroxyl groups excluding tert-OH is 1. The summed E-state index contributed by atoms with van der Waals surface area (Å²) in [7, 11) is 0. The van der Waals surface area contributed by atoms with Gasteiger partial charge in [-0.2, -0.15) is 0 Å². The van der Waals surface area contributed by atoms with E-state index in [1.807, 2.05) is 84.9 Å². The summed E-state index contributed by atoms with van der Waals surface area (Å²) < 4.78 is 13.2. The maximum absolute atomic E-state index is 12.0. The van der Waals surface area contributed by atoms with Gasteiger partial charge in [0.05, 0.1) is 30.2 Å². The summed E-state index contributed by atoms with van der Waals surface area (Å²) in [5, 5.41) is 32.2. The quantitative estimate of drug-likeness (QED) is 0.119. The van der Waals surface area contributed by atoms with Crippen molar-refractivity contribution in [3.8, 4) is 11.1 Å². The van der Waals surface area contributed by atoms with Gasteiger partial charge in [0.2, 0.25) is 5.91 Å². The number of rotatable bonds is 13. The van der Waals surface area contributed by atoms with E-state index in [-0.39, 0.29) is 48.2 Å². The molecule has 2 aliphatic heterocycles. The molecule has 266 valence electrons. The molecule has 6 rings (SSSR count). The van der Waals surface area contributed by atoms with Crippen molar-refractivity contribution in [3.63, 3.8) is 0 Å². The predicted octanol–water partition coefficient (Wildman–Crippen LogP) is 5.60. The molecule has 2 saturated heterocycles. The zero-order chi connectivity index (χ0) is 35.7. The average molecular weight is 695 g/mol. The van der Waals surface area contributed by atoms with Gasteiger partial charge in [-0.3, -0.25) is 24.6 Å². The van der Waals surface area contributed by atoms with Crippen molar-refractivity contribution in [2.75, 3.05) is 37.6 Å². The SMILES string of the molecule is O=C(O)CCC(=O)NCc1cccc(-c2ccc([C@H]3O[C@@H](CN4CCN(c5ccc([N+](=O)[O-])cc5)CC4)C[C@@H](c4ccc(CO)cc4)O3)cc2)c1. The van der Waals surface area contributed by atoms with Gasteiger partial charge >= 0.3 is 5.97 Å². The molecule has 0 aromatic heterocycles. The number of nitrogens with one attached hydrogen (secondary N) is 1. The normalized spacial score (nSPS) is 19.4. The number of carbonyl (C=O) groups is 2. The lowest BCUT2D eigenvalue weighted by Gasteiger charge is -2.41. The minimum absolute atomic E-state index is 0.0251. The summed E-state index contributed by atoms with van der Waals surface area (Å²) in [6.07, 6.45) is -0.473. The molecule has 2 aliphatic rings. The molecule has 3 atom stereocenters. The molecule has 4 aromatic rings. The van der Waals surface area contributed by atoms with Crippen LogP contribution in [0.5, 0.6) is 0 Å². The van der Waals surface area contributed by atoms with E-state index in [9.17, 15) is 24.8 Å².